The summed E-state index contributed by atoms with van der Waals surface area (Å²) in [6.07, 6.45) is 4.68. The number of aliphatic imine (C=N–C) groups is 1. The fourth-order valence-corrected chi connectivity index (χ4v) is 6.53. The number of hydrogen-bond acceptors (Lipinski definition) is 5. The number of nitrogens with one attached hydrogen (secondary N) is 1. The number of carbonyl (C=O) groups is 1. The van der Waals surface area contributed by atoms with Crippen molar-refractivity contribution in [3.8, 4) is 11.4 Å². The summed E-state index contributed by atoms with van der Waals surface area (Å²) in [5.74, 6) is 1.30. The Morgan fingerprint density at radius 2 is 1.89 bits per heavy atom. The van der Waals surface area contributed by atoms with Crippen LogP contribution in [0.2, 0.25) is 0 Å². The number of carbonyl (C=O) groups excluding carboxylic acids is 1. The topological polar surface area (TPSA) is 84.6 Å². The van der Waals surface area contributed by atoms with Crippen molar-refractivity contribution in [1.82, 2.24) is 20.1 Å². The van der Waals surface area contributed by atoms with Crippen LogP contribution in [0.5, 0.6) is 5.75 Å². The van der Waals surface area contributed by atoms with Gasteiger partial charge in [-0.3, -0.25) is 0 Å². The van der Waals surface area contributed by atoms with Gasteiger partial charge in [-0.05, 0) is 80.5 Å². The Bertz CT molecular complexity index is 1670. The molecule has 0 bridgehead atoms. The molecule has 1 saturated heterocycles. The first-order valence-electron chi connectivity index (χ1n) is 15.1. The maximum atomic E-state index is 13.3. The van der Waals surface area contributed by atoms with Gasteiger partial charge >= 0.3 is 12.4 Å². The highest BCUT2D eigenvalue weighted by Gasteiger charge is 2.45. The van der Waals surface area contributed by atoms with E-state index in [9.17, 15) is 18.0 Å². The number of para-hydroxylation sites is 1. The number of hydrogen-bond donors (Lipinski definition) is 1. The number of rotatable bonds is 9. The van der Waals surface area contributed by atoms with Crippen molar-refractivity contribution in [2.75, 3.05) is 10.7 Å². The fourth-order valence-electron chi connectivity index (χ4n) is 5.32. The van der Waals surface area contributed by atoms with Gasteiger partial charge in [0.2, 0.25) is 0 Å². The molecule has 0 radical (unpaired) electrons. The zero-order valence-corrected chi connectivity index (χ0v) is 27.0. The number of urea groups is 1. The first kappa shape index (κ1) is 33.1. The molecule has 1 saturated carbocycles. The average molecular weight is 651 g/mol. The average Bonchev–Trinajstić information content (AvgIpc) is 3.62. The van der Waals surface area contributed by atoms with Crippen molar-refractivity contribution in [3.05, 3.63) is 96.6 Å². The van der Waals surface area contributed by atoms with Crippen molar-refractivity contribution in [1.29, 1.82) is 0 Å². The van der Waals surface area contributed by atoms with E-state index >= 15 is 0 Å². The summed E-state index contributed by atoms with van der Waals surface area (Å²) in [6.45, 7) is 12.4. The molecule has 2 amide bonds. The molecule has 12 heteroatoms. The smallest absolute Gasteiger partial charge is 0.406 e. The van der Waals surface area contributed by atoms with Crippen molar-refractivity contribution >= 4 is 34.2 Å². The van der Waals surface area contributed by atoms with Gasteiger partial charge in [-0.1, -0.05) is 68.6 Å². The largest absolute Gasteiger partial charge is 0.573 e. The molecule has 2 aromatic carbocycles. The molecule has 242 valence electrons. The molecule has 8 nitrogen and oxygen atoms in total. The summed E-state index contributed by atoms with van der Waals surface area (Å²) in [6, 6.07) is 13.5. The zero-order valence-electron chi connectivity index (χ0n) is 26.2. The molecule has 2 fully saturated rings. The van der Waals surface area contributed by atoms with E-state index in [1.807, 2.05) is 31.2 Å². The molecular weight excluding hydrogens is 613 g/mol. The van der Waals surface area contributed by atoms with Crippen molar-refractivity contribution in [2.24, 2.45) is 4.99 Å². The van der Waals surface area contributed by atoms with E-state index in [0.717, 1.165) is 36.3 Å². The van der Waals surface area contributed by atoms with Gasteiger partial charge in [0.25, 0.3) is 0 Å². The third kappa shape index (κ3) is 7.72. The lowest BCUT2D eigenvalue weighted by Gasteiger charge is -2.37. The molecule has 1 unspecified atom stereocenters. The quantitative estimate of drug-likeness (QED) is 0.234. The lowest BCUT2D eigenvalue weighted by molar-refractivity contribution is -0.274. The van der Waals surface area contributed by atoms with Crippen molar-refractivity contribution in [2.45, 2.75) is 70.8 Å². The number of benzene rings is 2. The van der Waals surface area contributed by atoms with Crippen LogP contribution >= 0.6 is 11.8 Å². The molecule has 5 rings (SSSR count). The Balaban J connectivity index is 1.30. The van der Waals surface area contributed by atoms with Crippen LogP contribution in [0.1, 0.15) is 64.3 Å². The number of amides is 2. The Morgan fingerprint density at radius 1 is 1.17 bits per heavy atom. The highest BCUT2D eigenvalue weighted by Crippen LogP contribution is 2.42. The number of aromatic nitrogens is 3. The van der Waals surface area contributed by atoms with E-state index in [1.54, 1.807) is 17.8 Å². The highest BCUT2D eigenvalue weighted by atomic mass is 32.2. The Morgan fingerprint density at radius 3 is 2.54 bits per heavy atom. The van der Waals surface area contributed by atoms with Gasteiger partial charge in [-0.2, -0.15) is 4.99 Å². The van der Waals surface area contributed by atoms with E-state index in [-0.39, 0.29) is 17.8 Å². The van der Waals surface area contributed by atoms with Gasteiger partial charge < -0.3 is 15.0 Å². The maximum Gasteiger partial charge on any atom is 0.573 e. The van der Waals surface area contributed by atoms with Gasteiger partial charge in [0.1, 0.15) is 12.1 Å². The summed E-state index contributed by atoms with van der Waals surface area (Å²) in [5.41, 5.74) is 3.95. The fraction of sp³-hybridized carbons (Fsp3) is 0.353. The molecule has 46 heavy (non-hydrogen) atoms. The monoisotopic (exact) mass is 650 g/mol. The summed E-state index contributed by atoms with van der Waals surface area (Å²) >= 11 is 1.60. The number of amidine groups is 1. The zero-order chi connectivity index (χ0) is 33.1. The lowest BCUT2D eigenvalue weighted by atomic mass is 9.99. The normalized spacial score (nSPS) is 19.3. The second kappa shape index (κ2) is 13.6. The minimum Gasteiger partial charge on any atom is -0.406 e. The van der Waals surface area contributed by atoms with Crippen LogP contribution in [0, 0.1) is 0 Å². The maximum absolute atomic E-state index is 13.3. The number of thioether (sulfide) groups is 1. The van der Waals surface area contributed by atoms with Crippen molar-refractivity contribution < 1.29 is 22.7 Å². The third-order valence-electron chi connectivity index (χ3n) is 8.10. The predicted molar refractivity (Wildman–Crippen MR) is 177 cm³/mol. The number of ether oxygens (including phenoxy) is 1. The third-order valence-corrected chi connectivity index (χ3v) is 9.08. The molecule has 1 N–H and O–H groups in total. The number of nitrogens with zero attached hydrogens (tertiary/aromatic N) is 5. The first-order valence-corrected chi connectivity index (χ1v) is 16.1. The Hall–Kier alpha value is -4.32. The van der Waals surface area contributed by atoms with Gasteiger partial charge in [0, 0.05) is 23.1 Å². The molecule has 1 aliphatic carbocycles. The number of allylic oxidation sites excluding steroid dienone is 4. The predicted octanol–water partition coefficient (Wildman–Crippen LogP) is 8.44. The Kier molecular flexibility index (Phi) is 9.76. The summed E-state index contributed by atoms with van der Waals surface area (Å²) < 4.78 is 42.8. The molecule has 1 aliphatic heterocycles. The minimum absolute atomic E-state index is 0.214. The number of alkyl halides is 3. The van der Waals surface area contributed by atoms with Crippen molar-refractivity contribution in [3.63, 3.8) is 0 Å². The van der Waals surface area contributed by atoms with E-state index in [2.05, 4.69) is 69.5 Å². The number of halogens is 3. The van der Waals surface area contributed by atoms with E-state index in [0.29, 0.717) is 28.2 Å². The van der Waals surface area contributed by atoms with Crippen LogP contribution in [-0.4, -0.2) is 49.7 Å². The number of anilines is 1. The van der Waals surface area contributed by atoms with Gasteiger partial charge in [-0.15, -0.1) is 18.3 Å². The van der Waals surface area contributed by atoms with Crippen LogP contribution in [0.15, 0.2) is 90.2 Å². The molecule has 2 heterocycles. The minimum atomic E-state index is -4.76. The standard InChI is InChI=1S/C34H37F3N6O2S/c1-6-25(30-38-21-42(41-30)26-13-15-27(16-14-26)45-34(35,36)37)12-11-23(4)33(18-19-33)40-31(44)39-32-43(24(5)17-20-46-32)29-10-8-7-9-28(29)22(2)3/h6-16,21-22,24H,1,17-20H2,2-5H3,(H,40,44)/b23-11+,25-12+,39-32?. The molecule has 1 aromatic heterocycles. The van der Waals surface area contributed by atoms with Crippen LogP contribution < -0.4 is 15.0 Å². The first-order chi connectivity index (χ1) is 21.9. The summed E-state index contributed by atoms with van der Waals surface area (Å²) in [5, 5.41) is 8.33. The highest BCUT2D eigenvalue weighted by molar-refractivity contribution is 8.14. The second-order valence-electron chi connectivity index (χ2n) is 11.7. The van der Waals surface area contributed by atoms with Crippen LogP contribution in [-0.2, 0) is 0 Å². The van der Waals surface area contributed by atoms with Gasteiger partial charge in [-0.25, -0.2) is 14.5 Å². The Labute approximate surface area is 271 Å². The van der Waals surface area contributed by atoms with Crippen LogP contribution in [0.25, 0.3) is 11.3 Å². The summed E-state index contributed by atoms with van der Waals surface area (Å²) in [4.78, 5) is 24.5. The molecule has 2 aliphatic rings. The van der Waals surface area contributed by atoms with E-state index in [4.69, 9.17) is 0 Å². The van der Waals surface area contributed by atoms with Crippen LogP contribution in [0.4, 0.5) is 23.7 Å². The lowest BCUT2D eigenvalue weighted by Crippen LogP contribution is -2.43. The summed E-state index contributed by atoms with van der Waals surface area (Å²) in [7, 11) is 0. The second-order valence-corrected chi connectivity index (χ2v) is 12.8. The van der Waals surface area contributed by atoms with E-state index < -0.39 is 11.9 Å². The van der Waals surface area contributed by atoms with Gasteiger partial charge in [0.15, 0.2) is 11.0 Å². The molecular formula is C34H37F3N6O2S. The van der Waals surface area contributed by atoms with Gasteiger partial charge in [0.05, 0.1) is 11.2 Å². The molecule has 0 spiro atoms. The van der Waals surface area contributed by atoms with E-state index in [1.165, 1.54) is 40.8 Å². The SMILES string of the molecule is C=C/C(=C\C=C(/C)C1(NC(=O)N=C2SCCC(C)N2c2ccccc2C(C)C)CC1)c1ncn(-c2ccc(OC(F)(F)F)cc2)n1. The van der Waals surface area contributed by atoms with Crippen LogP contribution in [0.3, 0.4) is 0 Å². The molecule has 1 atom stereocenters. The molecule has 3 aromatic rings.